The highest BCUT2D eigenvalue weighted by Crippen LogP contribution is 2.12. The first kappa shape index (κ1) is 16.7. The number of benzene rings is 1. The Kier molecular flexibility index (Phi) is 6.68. The zero-order valence-electron chi connectivity index (χ0n) is 12.7. The molecule has 0 fully saturated rings. The number of rotatable bonds is 8. The van der Waals surface area contributed by atoms with Gasteiger partial charge in [-0.3, -0.25) is 9.69 Å². The molecular weight excluding hydrogens is 252 g/mol. The number of aliphatic hydroxyl groups is 1. The quantitative estimate of drug-likeness (QED) is 0.762. The zero-order valence-corrected chi connectivity index (χ0v) is 12.7. The van der Waals surface area contributed by atoms with Gasteiger partial charge in [0, 0.05) is 13.1 Å². The fraction of sp³-hybridized carbons (Fsp3) is 0.562. The van der Waals surface area contributed by atoms with Crippen molar-refractivity contribution in [3.63, 3.8) is 0 Å². The van der Waals surface area contributed by atoms with Crippen molar-refractivity contribution >= 4 is 5.91 Å². The van der Waals surface area contributed by atoms with Gasteiger partial charge in [-0.2, -0.15) is 0 Å². The monoisotopic (exact) mass is 278 g/mol. The van der Waals surface area contributed by atoms with E-state index in [1.54, 1.807) is 0 Å². The second-order valence-electron chi connectivity index (χ2n) is 5.37. The molecule has 0 spiro atoms. The van der Waals surface area contributed by atoms with Gasteiger partial charge in [0.15, 0.2) is 0 Å². The molecule has 1 rings (SSSR count). The van der Waals surface area contributed by atoms with Gasteiger partial charge in [0.2, 0.25) is 5.91 Å². The van der Waals surface area contributed by atoms with Crippen LogP contribution in [-0.4, -0.2) is 41.7 Å². The molecule has 0 aliphatic carbocycles. The predicted octanol–water partition coefficient (Wildman–Crippen LogP) is 1.79. The summed E-state index contributed by atoms with van der Waals surface area (Å²) in [6.07, 6.45) is 1.28. The molecular formula is C16H26N2O2. The highest BCUT2D eigenvalue weighted by atomic mass is 16.3. The number of likely N-dealkylation sites (N-methyl/N-ethyl adjacent to an activating group) is 1. The topological polar surface area (TPSA) is 52.6 Å². The summed E-state index contributed by atoms with van der Waals surface area (Å²) in [6, 6.07) is 10.0. The maximum Gasteiger partial charge on any atom is 0.234 e. The van der Waals surface area contributed by atoms with Gasteiger partial charge in [-0.25, -0.2) is 0 Å². The van der Waals surface area contributed by atoms with Crippen LogP contribution in [0.1, 0.15) is 32.3 Å². The fourth-order valence-corrected chi connectivity index (χ4v) is 2.02. The average Bonchev–Trinajstić information content (AvgIpc) is 2.45. The molecule has 0 atom stereocenters. The van der Waals surface area contributed by atoms with Crippen LogP contribution in [0.3, 0.4) is 0 Å². The van der Waals surface area contributed by atoms with E-state index in [0.717, 1.165) is 6.54 Å². The average molecular weight is 278 g/mol. The molecule has 1 aromatic carbocycles. The molecule has 112 valence electrons. The minimum absolute atomic E-state index is 0.0521. The summed E-state index contributed by atoms with van der Waals surface area (Å²) in [7, 11) is 1.92. The van der Waals surface area contributed by atoms with Crippen LogP contribution in [-0.2, 0) is 11.3 Å². The first-order valence-electron chi connectivity index (χ1n) is 7.20. The number of nitrogens with zero attached hydrogens (tertiary/aromatic N) is 1. The summed E-state index contributed by atoms with van der Waals surface area (Å²) in [5.74, 6) is -0.0521. The van der Waals surface area contributed by atoms with Crippen molar-refractivity contribution in [1.29, 1.82) is 0 Å². The molecule has 0 aliphatic rings. The molecule has 20 heavy (non-hydrogen) atoms. The molecule has 0 aromatic heterocycles. The van der Waals surface area contributed by atoms with E-state index in [9.17, 15) is 9.90 Å². The highest BCUT2D eigenvalue weighted by Gasteiger charge is 2.22. The molecule has 0 radical (unpaired) electrons. The number of hydrogen-bond acceptors (Lipinski definition) is 3. The van der Waals surface area contributed by atoms with Crippen LogP contribution >= 0.6 is 0 Å². The van der Waals surface area contributed by atoms with Crippen LogP contribution in [0, 0.1) is 0 Å². The molecule has 2 N–H and O–H groups in total. The molecule has 0 saturated heterocycles. The lowest BCUT2D eigenvalue weighted by molar-refractivity contribution is -0.123. The van der Waals surface area contributed by atoms with E-state index in [-0.39, 0.29) is 5.91 Å². The van der Waals surface area contributed by atoms with Gasteiger partial charge in [0.1, 0.15) is 0 Å². The number of hydrogen-bond donors (Lipinski definition) is 2. The van der Waals surface area contributed by atoms with Crippen molar-refractivity contribution in [2.24, 2.45) is 0 Å². The number of carbonyl (C=O) groups excluding carboxylic acids is 1. The van der Waals surface area contributed by atoms with Crippen molar-refractivity contribution in [1.82, 2.24) is 10.2 Å². The minimum atomic E-state index is -0.784. The molecule has 1 aromatic rings. The normalized spacial score (nSPS) is 11.7. The van der Waals surface area contributed by atoms with Crippen LogP contribution in [0.2, 0.25) is 0 Å². The molecule has 0 heterocycles. The van der Waals surface area contributed by atoms with Gasteiger partial charge >= 0.3 is 0 Å². The molecule has 0 unspecified atom stereocenters. The molecule has 0 aliphatic heterocycles. The lowest BCUT2D eigenvalue weighted by Crippen LogP contribution is -2.44. The second kappa shape index (κ2) is 8.02. The van der Waals surface area contributed by atoms with Crippen LogP contribution < -0.4 is 5.32 Å². The number of amides is 1. The Labute approximate surface area is 121 Å². The molecule has 1 amide bonds. The molecule has 4 nitrogen and oxygen atoms in total. The van der Waals surface area contributed by atoms with Crippen LogP contribution in [0.4, 0.5) is 0 Å². The number of nitrogens with one attached hydrogen (secondary N) is 1. The van der Waals surface area contributed by atoms with E-state index < -0.39 is 5.60 Å². The SMILES string of the molecule is CCC(O)(CC)CNC(=O)CN(C)Cc1ccccc1. The van der Waals surface area contributed by atoms with Crippen LogP contribution in [0.15, 0.2) is 30.3 Å². The Balaban J connectivity index is 2.35. The lowest BCUT2D eigenvalue weighted by atomic mass is 9.98. The minimum Gasteiger partial charge on any atom is -0.388 e. The van der Waals surface area contributed by atoms with E-state index in [0.29, 0.717) is 25.9 Å². The summed E-state index contributed by atoms with van der Waals surface area (Å²) in [5.41, 5.74) is 0.398. The van der Waals surface area contributed by atoms with Crippen molar-refractivity contribution in [2.75, 3.05) is 20.1 Å². The summed E-state index contributed by atoms with van der Waals surface area (Å²) in [4.78, 5) is 13.8. The fourth-order valence-electron chi connectivity index (χ4n) is 2.02. The third-order valence-corrected chi connectivity index (χ3v) is 3.64. The summed E-state index contributed by atoms with van der Waals surface area (Å²) in [6.45, 7) is 5.24. The first-order valence-corrected chi connectivity index (χ1v) is 7.20. The van der Waals surface area contributed by atoms with Gasteiger partial charge in [-0.05, 0) is 25.5 Å². The summed E-state index contributed by atoms with van der Waals surface area (Å²) >= 11 is 0. The van der Waals surface area contributed by atoms with Gasteiger partial charge in [0.25, 0.3) is 0 Å². The first-order chi connectivity index (χ1) is 9.49. The van der Waals surface area contributed by atoms with Crippen molar-refractivity contribution in [3.8, 4) is 0 Å². The predicted molar refractivity (Wildman–Crippen MR) is 81.3 cm³/mol. The Morgan fingerprint density at radius 3 is 2.40 bits per heavy atom. The van der Waals surface area contributed by atoms with E-state index >= 15 is 0 Å². The Hall–Kier alpha value is -1.39. The van der Waals surface area contributed by atoms with Crippen molar-refractivity contribution in [2.45, 2.75) is 38.8 Å². The standard InChI is InChI=1S/C16H26N2O2/c1-4-16(20,5-2)13-17-15(19)12-18(3)11-14-9-7-6-8-10-14/h6-10,20H,4-5,11-13H2,1-3H3,(H,17,19). The maximum atomic E-state index is 11.9. The van der Waals surface area contributed by atoms with Gasteiger partial charge in [0.05, 0.1) is 12.1 Å². The maximum absolute atomic E-state index is 11.9. The Bertz CT molecular complexity index is 402. The van der Waals surface area contributed by atoms with E-state index in [4.69, 9.17) is 0 Å². The van der Waals surface area contributed by atoms with Crippen molar-refractivity contribution < 1.29 is 9.90 Å². The van der Waals surface area contributed by atoms with Crippen LogP contribution in [0.5, 0.6) is 0 Å². The smallest absolute Gasteiger partial charge is 0.234 e. The van der Waals surface area contributed by atoms with Gasteiger partial charge in [-0.15, -0.1) is 0 Å². The van der Waals surface area contributed by atoms with Gasteiger partial charge < -0.3 is 10.4 Å². The van der Waals surface area contributed by atoms with E-state index in [1.165, 1.54) is 5.56 Å². The third-order valence-electron chi connectivity index (χ3n) is 3.64. The summed E-state index contributed by atoms with van der Waals surface area (Å²) in [5, 5.41) is 12.9. The largest absolute Gasteiger partial charge is 0.388 e. The van der Waals surface area contributed by atoms with Gasteiger partial charge in [-0.1, -0.05) is 44.2 Å². The molecule has 4 heteroatoms. The lowest BCUT2D eigenvalue weighted by Gasteiger charge is -2.26. The third kappa shape index (κ3) is 5.72. The molecule has 0 bridgehead atoms. The zero-order chi connectivity index (χ0) is 15.0. The second-order valence-corrected chi connectivity index (χ2v) is 5.37. The van der Waals surface area contributed by atoms with E-state index in [1.807, 2.05) is 56.1 Å². The van der Waals surface area contributed by atoms with E-state index in [2.05, 4.69) is 5.32 Å². The summed E-state index contributed by atoms with van der Waals surface area (Å²) < 4.78 is 0. The highest BCUT2D eigenvalue weighted by molar-refractivity contribution is 5.78. The number of carbonyl (C=O) groups is 1. The Morgan fingerprint density at radius 2 is 1.85 bits per heavy atom. The van der Waals surface area contributed by atoms with Crippen molar-refractivity contribution in [3.05, 3.63) is 35.9 Å². The van der Waals surface area contributed by atoms with Crippen LogP contribution in [0.25, 0.3) is 0 Å². The Morgan fingerprint density at radius 1 is 1.25 bits per heavy atom. The molecule has 0 saturated carbocycles.